The topological polar surface area (TPSA) is 38.9 Å². The van der Waals surface area contributed by atoms with Crippen LogP contribution in [0, 0.1) is 0 Å². The van der Waals surface area contributed by atoms with Gasteiger partial charge in [0, 0.05) is 12.0 Å². The van der Waals surface area contributed by atoms with E-state index in [0.29, 0.717) is 5.01 Å². The molecule has 0 radical (unpaired) electrons. The fourth-order valence-corrected chi connectivity index (χ4v) is 2.05. The second-order valence-electron chi connectivity index (χ2n) is 4.24. The van der Waals surface area contributed by atoms with E-state index < -0.39 is 11.9 Å². The molecular formula is C9H13F3N2S. The summed E-state index contributed by atoms with van der Waals surface area (Å²) in [6, 6.07) is 0. The van der Waals surface area contributed by atoms with Gasteiger partial charge in [-0.25, -0.2) is 4.98 Å². The maximum Gasteiger partial charge on any atom is 0.434 e. The van der Waals surface area contributed by atoms with Crippen LogP contribution in [-0.2, 0) is 18.1 Å². The number of aromatic nitrogens is 1. The molecule has 0 saturated carbocycles. The fourth-order valence-electron chi connectivity index (χ4n) is 1.03. The third kappa shape index (κ3) is 2.69. The maximum absolute atomic E-state index is 12.5. The predicted octanol–water partition coefficient (Wildman–Crippen LogP) is 2.92. The van der Waals surface area contributed by atoms with Gasteiger partial charge in [-0.15, -0.1) is 11.3 Å². The second-order valence-corrected chi connectivity index (χ2v) is 5.33. The number of hydrogen-bond donors (Lipinski definition) is 1. The van der Waals surface area contributed by atoms with Gasteiger partial charge in [-0.3, -0.25) is 0 Å². The van der Waals surface area contributed by atoms with Crippen molar-refractivity contribution in [2.45, 2.75) is 38.9 Å². The molecule has 0 saturated heterocycles. The molecule has 15 heavy (non-hydrogen) atoms. The standard InChI is InChI=1S/C9H13F3N2S/c1-8(2,3)7-14-6(9(10,11)12)5(4-13)15-7/h4,13H2,1-3H3. The lowest BCUT2D eigenvalue weighted by atomic mass is 9.98. The van der Waals surface area contributed by atoms with Crippen LogP contribution in [0.1, 0.15) is 36.3 Å². The highest BCUT2D eigenvalue weighted by molar-refractivity contribution is 7.11. The van der Waals surface area contributed by atoms with Crippen LogP contribution < -0.4 is 5.73 Å². The first kappa shape index (κ1) is 12.4. The van der Waals surface area contributed by atoms with E-state index in [9.17, 15) is 13.2 Å². The van der Waals surface area contributed by atoms with Gasteiger partial charge in [-0.2, -0.15) is 13.2 Å². The first-order valence-electron chi connectivity index (χ1n) is 4.43. The Bertz CT molecular complexity index is 349. The molecule has 1 aromatic heterocycles. The van der Waals surface area contributed by atoms with Gasteiger partial charge in [0.2, 0.25) is 0 Å². The van der Waals surface area contributed by atoms with Crippen molar-refractivity contribution in [3.05, 3.63) is 15.6 Å². The molecule has 0 aromatic carbocycles. The van der Waals surface area contributed by atoms with E-state index in [0.717, 1.165) is 11.3 Å². The van der Waals surface area contributed by atoms with E-state index in [1.165, 1.54) is 0 Å². The molecule has 0 unspecified atom stereocenters. The average Bonchev–Trinajstić information content (AvgIpc) is 2.44. The lowest BCUT2D eigenvalue weighted by molar-refractivity contribution is -0.141. The number of halogens is 3. The Hall–Kier alpha value is -0.620. The molecule has 0 spiro atoms. The number of hydrogen-bond acceptors (Lipinski definition) is 3. The molecule has 0 amide bonds. The molecule has 0 bridgehead atoms. The Morgan fingerprint density at radius 3 is 2.07 bits per heavy atom. The zero-order valence-electron chi connectivity index (χ0n) is 8.77. The smallest absolute Gasteiger partial charge is 0.326 e. The van der Waals surface area contributed by atoms with Crippen LogP contribution in [0.4, 0.5) is 13.2 Å². The molecule has 1 rings (SSSR count). The zero-order chi connectivity index (χ0) is 11.9. The molecule has 0 aliphatic heterocycles. The highest BCUT2D eigenvalue weighted by Gasteiger charge is 2.38. The normalized spacial score (nSPS) is 13.3. The molecule has 2 N–H and O–H groups in total. The molecule has 0 aliphatic carbocycles. The van der Waals surface area contributed by atoms with Crippen LogP contribution in [0.5, 0.6) is 0 Å². The van der Waals surface area contributed by atoms with E-state index in [2.05, 4.69) is 4.98 Å². The molecule has 6 heteroatoms. The summed E-state index contributed by atoms with van der Waals surface area (Å²) >= 11 is 1.04. The van der Waals surface area contributed by atoms with Crippen molar-refractivity contribution >= 4 is 11.3 Å². The monoisotopic (exact) mass is 238 g/mol. The fraction of sp³-hybridized carbons (Fsp3) is 0.667. The van der Waals surface area contributed by atoms with Gasteiger partial charge in [-0.05, 0) is 0 Å². The minimum absolute atomic E-state index is 0.104. The van der Waals surface area contributed by atoms with Crippen molar-refractivity contribution < 1.29 is 13.2 Å². The summed E-state index contributed by atoms with van der Waals surface area (Å²) in [6.07, 6.45) is -4.41. The van der Waals surface area contributed by atoms with Gasteiger partial charge in [0.1, 0.15) is 0 Å². The summed E-state index contributed by atoms with van der Waals surface area (Å²) in [6.45, 7) is 5.35. The lowest BCUT2D eigenvalue weighted by Crippen LogP contribution is -2.13. The van der Waals surface area contributed by atoms with Crippen LogP contribution in [0.15, 0.2) is 0 Å². The maximum atomic E-state index is 12.5. The lowest BCUT2D eigenvalue weighted by Gasteiger charge is -2.13. The summed E-state index contributed by atoms with van der Waals surface area (Å²) < 4.78 is 37.6. The molecule has 2 nitrogen and oxygen atoms in total. The van der Waals surface area contributed by atoms with E-state index >= 15 is 0 Å². The summed E-state index contributed by atoms with van der Waals surface area (Å²) in [4.78, 5) is 3.74. The van der Waals surface area contributed by atoms with Gasteiger partial charge in [0.05, 0.1) is 9.88 Å². The molecule has 0 atom stereocenters. The van der Waals surface area contributed by atoms with E-state index in [-0.39, 0.29) is 16.8 Å². The van der Waals surface area contributed by atoms with Crippen LogP contribution in [0.3, 0.4) is 0 Å². The molecule has 0 fully saturated rings. The number of nitrogens with two attached hydrogens (primary N) is 1. The van der Waals surface area contributed by atoms with Gasteiger partial charge in [0.25, 0.3) is 0 Å². The Kier molecular flexibility index (Phi) is 3.11. The summed E-state index contributed by atoms with van der Waals surface area (Å²) in [5.41, 5.74) is 4.06. The quantitative estimate of drug-likeness (QED) is 0.817. The minimum Gasteiger partial charge on any atom is -0.326 e. The Balaban J connectivity index is 3.24. The molecule has 1 heterocycles. The minimum atomic E-state index is -4.41. The third-order valence-electron chi connectivity index (χ3n) is 1.79. The number of rotatable bonds is 1. The zero-order valence-corrected chi connectivity index (χ0v) is 9.59. The molecular weight excluding hydrogens is 225 g/mol. The number of thiazole rings is 1. The van der Waals surface area contributed by atoms with Crippen LogP contribution in [-0.4, -0.2) is 4.98 Å². The predicted molar refractivity (Wildman–Crippen MR) is 53.7 cm³/mol. The van der Waals surface area contributed by atoms with Crippen molar-refractivity contribution in [3.63, 3.8) is 0 Å². The van der Waals surface area contributed by atoms with Gasteiger partial charge >= 0.3 is 6.18 Å². The Morgan fingerprint density at radius 2 is 1.80 bits per heavy atom. The van der Waals surface area contributed by atoms with Crippen molar-refractivity contribution in [2.75, 3.05) is 0 Å². The largest absolute Gasteiger partial charge is 0.434 e. The van der Waals surface area contributed by atoms with E-state index in [1.54, 1.807) is 0 Å². The molecule has 1 aromatic rings. The third-order valence-corrected chi connectivity index (χ3v) is 3.30. The highest BCUT2D eigenvalue weighted by Crippen LogP contribution is 2.37. The Labute approximate surface area is 90.3 Å². The first-order chi connectivity index (χ1) is 6.66. The molecule has 0 aliphatic rings. The second kappa shape index (κ2) is 3.75. The van der Waals surface area contributed by atoms with Crippen molar-refractivity contribution in [1.29, 1.82) is 0 Å². The van der Waals surface area contributed by atoms with Crippen molar-refractivity contribution in [2.24, 2.45) is 5.73 Å². The van der Waals surface area contributed by atoms with Crippen LogP contribution in [0.25, 0.3) is 0 Å². The molecule has 86 valence electrons. The average molecular weight is 238 g/mol. The number of alkyl halides is 3. The summed E-state index contributed by atoms with van der Waals surface area (Å²) in [5.74, 6) is 0. The first-order valence-corrected chi connectivity index (χ1v) is 5.25. The van der Waals surface area contributed by atoms with Crippen molar-refractivity contribution in [1.82, 2.24) is 4.98 Å². The highest BCUT2D eigenvalue weighted by atomic mass is 32.1. The van der Waals surface area contributed by atoms with Crippen LogP contribution in [0.2, 0.25) is 0 Å². The van der Waals surface area contributed by atoms with Gasteiger partial charge in [-0.1, -0.05) is 20.8 Å². The van der Waals surface area contributed by atoms with Crippen LogP contribution >= 0.6 is 11.3 Å². The number of nitrogens with zero attached hydrogens (tertiary/aromatic N) is 1. The Morgan fingerprint density at radius 1 is 1.27 bits per heavy atom. The van der Waals surface area contributed by atoms with Crippen molar-refractivity contribution in [3.8, 4) is 0 Å². The summed E-state index contributed by atoms with van der Waals surface area (Å²) in [5, 5.41) is 0.468. The summed E-state index contributed by atoms with van der Waals surface area (Å²) in [7, 11) is 0. The van der Waals surface area contributed by atoms with Gasteiger partial charge < -0.3 is 5.73 Å². The van der Waals surface area contributed by atoms with Gasteiger partial charge in [0.15, 0.2) is 5.69 Å². The van der Waals surface area contributed by atoms with E-state index in [4.69, 9.17) is 5.73 Å². The SMILES string of the molecule is CC(C)(C)c1nc(C(F)(F)F)c(CN)s1. The van der Waals surface area contributed by atoms with E-state index in [1.807, 2.05) is 20.8 Å².